The minimum Gasteiger partial charge on any atom is -0.337 e. The second-order valence-corrected chi connectivity index (χ2v) is 9.28. The van der Waals surface area contributed by atoms with Gasteiger partial charge in [0.1, 0.15) is 11.9 Å². The largest absolute Gasteiger partial charge is 0.337 e. The molecule has 1 aliphatic carbocycles. The molecule has 0 radical (unpaired) electrons. The van der Waals surface area contributed by atoms with Gasteiger partial charge in [0.25, 0.3) is 0 Å². The number of rotatable bonds is 4. The number of nitrogens with zero attached hydrogens (tertiary/aromatic N) is 2. The molecule has 2 heterocycles. The molecule has 1 aromatic carbocycles. The molecule has 7 heteroatoms. The highest BCUT2D eigenvalue weighted by atomic mass is 32.2. The molecule has 4 rings (SSSR count). The monoisotopic (exact) mass is 352 g/mol. The number of amides is 1. The van der Waals surface area contributed by atoms with Crippen LogP contribution in [0.15, 0.2) is 24.3 Å². The number of likely N-dealkylation sites (tertiary alicyclic amines) is 1. The molecule has 0 spiro atoms. The summed E-state index contributed by atoms with van der Waals surface area (Å²) in [6, 6.07) is 5.65. The number of benzene rings is 1. The third kappa shape index (κ3) is 2.84. The summed E-state index contributed by atoms with van der Waals surface area (Å²) in [6.07, 6.45) is 2.81. The summed E-state index contributed by atoms with van der Waals surface area (Å²) in [4.78, 5) is 14.5. The van der Waals surface area contributed by atoms with Gasteiger partial charge in [0.2, 0.25) is 15.9 Å². The van der Waals surface area contributed by atoms with Gasteiger partial charge in [-0.2, -0.15) is 4.31 Å². The summed E-state index contributed by atoms with van der Waals surface area (Å²) in [5.41, 5.74) is 0.736. The first-order valence-electron chi connectivity index (χ1n) is 8.49. The lowest BCUT2D eigenvalue weighted by Gasteiger charge is -2.45. The lowest BCUT2D eigenvalue weighted by molar-refractivity contribution is -0.143. The van der Waals surface area contributed by atoms with Crippen molar-refractivity contribution in [3.8, 4) is 0 Å². The molecule has 2 bridgehead atoms. The lowest BCUT2D eigenvalue weighted by Crippen LogP contribution is -2.60. The van der Waals surface area contributed by atoms with Crippen molar-refractivity contribution in [3.63, 3.8) is 0 Å². The van der Waals surface area contributed by atoms with E-state index in [9.17, 15) is 17.6 Å². The second kappa shape index (κ2) is 5.81. The van der Waals surface area contributed by atoms with Crippen LogP contribution in [0, 0.1) is 11.7 Å². The van der Waals surface area contributed by atoms with Crippen LogP contribution in [0.3, 0.4) is 0 Å². The maximum absolute atomic E-state index is 13.4. The Morgan fingerprint density at radius 3 is 2.71 bits per heavy atom. The van der Waals surface area contributed by atoms with Gasteiger partial charge in [-0.3, -0.25) is 4.79 Å². The molecule has 3 aliphatic rings. The van der Waals surface area contributed by atoms with E-state index in [1.165, 1.54) is 16.4 Å². The van der Waals surface area contributed by atoms with Crippen molar-refractivity contribution in [2.24, 2.45) is 5.92 Å². The Hall–Kier alpha value is -1.47. The molecule has 2 aliphatic heterocycles. The zero-order valence-corrected chi connectivity index (χ0v) is 14.2. The first-order valence-corrected chi connectivity index (χ1v) is 9.99. The van der Waals surface area contributed by atoms with Crippen LogP contribution in [0.1, 0.15) is 31.2 Å². The van der Waals surface area contributed by atoms with Crippen LogP contribution in [0.5, 0.6) is 0 Å². The third-order valence-electron chi connectivity index (χ3n) is 5.27. The van der Waals surface area contributed by atoms with Crippen LogP contribution < -0.4 is 0 Å². The van der Waals surface area contributed by atoms with E-state index in [-0.39, 0.29) is 17.0 Å². The number of sulfonamides is 1. The van der Waals surface area contributed by atoms with E-state index < -0.39 is 16.1 Å². The average molecular weight is 352 g/mol. The predicted molar refractivity (Wildman–Crippen MR) is 87.0 cm³/mol. The minimum atomic E-state index is -3.35. The molecule has 0 aromatic heterocycles. The van der Waals surface area contributed by atoms with Gasteiger partial charge in [0, 0.05) is 19.6 Å². The van der Waals surface area contributed by atoms with Gasteiger partial charge in [0.15, 0.2) is 0 Å². The van der Waals surface area contributed by atoms with E-state index >= 15 is 0 Å². The molecular weight excluding hydrogens is 331 g/mol. The average Bonchev–Trinajstić information content (AvgIpc) is 3.38. The molecule has 24 heavy (non-hydrogen) atoms. The van der Waals surface area contributed by atoms with Gasteiger partial charge < -0.3 is 4.90 Å². The molecule has 1 amide bonds. The number of carbonyl (C=O) groups is 1. The van der Waals surface area contributed by atoms with Crippen molar-refractivity contribution in [2.75, 3.05) is 13.1 Å². The van der Waals surface area contributed by atoms with Gasteiger partial charge in [-0.05, 0) is 49.3 Å². The molecule has 3 fully saturated rings. The Bertz CT molecular complexity index is 763. The van der Waals surface area contributed by atoms with Crippen LogP contribution in [0.2, 0.25) is 0 Å². The predicted octanol–water partition coefficient (Wildman–Crippen LogP) is 1.74. The van der Waals surface area contributed by atoms with Crippen LogP contribution in [-0.4, -0.2) is 47.9 Å². The van der Waals surface area contributed by atoms with Crippen molar-refractivity contribution in [2.45, 2.75) is 43.5 Å². The Morgan fingerprint density at radius 1 is 1.21 bits per heavy atom. The van der Waals surface area contributed by atoms with Gasteiger partial charge in [-0.25, -0.2) is 12.8 Å². The first kappa shape index (κ1) is 16.0. The number of hydrogen-bond donors (Lipinski definition) is 0. The lowest BCUT2D eigenvalue weighted by atomic mass is 9.87. The zero-order chi connectivity index (χ0) is 16.9. The molecule has 5 nitrogen and oxygen atoms in total. The Balaban J connectivity index is 1.55. The SMILES string of the molecule is O=C1[C@H]2C[C@H](CCN2S(=O)(=O)C2CC2)CN1Cc1cccc(F)c1. The fourth-order valence-electron chi connectivity index (χ4n) is 3.88. The summed E-state index contributed by atoms with van der Waals surface area (Å²) < 4.78 is 40.0. The first-order chi connectivity index (χ1) is 11.4. The second-order valence-electron chi connectivity index (χ2n) is 7.11. The summed E-state index contributed by atoms with van der Waals surface area (Å²) in [5.74, 6) is -0.138. The van der Waals surface area contributed by atoms with E-state index in [1.54, 1.807) is 17.0 Å². The van der Waals surface area contributed by atoms with Crippen molar-refractivity contribution in [1.29, 1.82) is 0 Å². The highest BCUT2D eigenvalue weighted by Gasteiger charge is 2.49. The van der Waals surface area contributed by atoms with Crippen LogP contribution in [-0.2, 0) is 21.4 Å². The van der Waals surface area contributed by atoms with Crippen LogP contribution in [0.25, 0.3) is 0 Å². The topological polar surface area (TPSA) is 57.7 Å². The van der Waals surface area contributed by atoms with E-state index in [1.807, 2.05) is 0 Å². The normalized spacial score (nSPS) is 28.2. The molecular formula is C17H21FN2O3S. The highest BCUT2D eigenvalue weighted by Crippen LogP contribution is 2.38. The number of carbonyl (C=O) groups excluding carboxylic acids is 1. The number of piperidine rings is 2. The van der Waals surface area contributed by atoms with Gasteiger partial charge in [-0.1, -0.05) is 12.1 Å². The van der Waals surface area contributed by atoms with Crippen molar-refractivity contribution < 1.29 is 17.6 Å². The maximum Gasteiger partial charge on any atom is 0.241 e. The van der Waals surface area contributed by atoms with Crippen molar-refractivity contribution in [3.05, 3.63) is 35.6 Å². The highest BCUT2D eigenvalue weighted by molar-refractivity contribution is 7.90. The standard InChI is InChI=1S/C17H21FN2O3S/c18-14-3-1-2-12(8-14)10-19-11-13-6-7-20(16(9-13)17(19)21)24(22,23)15-4-5-15/h1-3,8,13,15-16H,4-7,9-11H2/t13-,16+/m0/s1. The Labute approximate surface area is 141 Å². The summed E-state index contributed by atoms with van der Waals surface area (Å²) in [6.45, 7) is 1.41. The summed E-state index contributed by atoms with van der Waals surface area (Å²) in [5, 5.41) is -0.291. The summed E-state index contributed by atoms with van der Waals surface area (Å²) >= 11 is 0. The van der Waals surface area contributed by atoms with Crippen molar-refractivity contribution >= 4 is 15.9 Å². The molecule has 2 saturated heterocycles. The fraction of sp³-hybridized carbons (Fsp3) is 0.588. The van der Waals surface area contributed by atoms with E-state index in [2.05, 4.69) is 0 Å². The van der Waals surface area contributed by atoms with E-state index in [0.29, 0.717) is 44.8 Å². The van der Waals surface area contributed by atoms with Gasteiger partial charge >= 0.3 is 0 Å². The molecule has 0 unspecified atom stereocenters. The quantitative estimate of drug-likeness (QED) is 0.829. The minimum absolute atomic E-state index is 0.139. The number of fused-ring (bicyclic) bond motifs is 2. The Morgan fingerprint density at radius 2 is 2.00 bits per heavy atom. The molecule has 2 atom stereocenters. The van der Waals surface area contributed by atoms with Gasteiger partial charge in [-0.15, -0.1) is 0 Å². The maximum atomic E-state index is 13.4. The third-order valence-corrected chi connectivity index (χ3v) is 7.68. The fourth-order valence-corrected chi connectivity index (χ4v) is 5.88. The van der Waals surface area contributed by atoms with Gasteiger partial charge in [0.05, 0.1) is 5.25 Å². The van der Waals surface area contributed by atoms with Crippen LogP contribution in [0.4, 0.5) is 4.39 Å². The molecule has 0 N–H and O–H groups in total. The molecule has 130 valence electrons. The van der Waals surface area contributed by atoms with Crippen LogP contribution >= 0.6 is 0 Å². The summed E-state index contributed by atoms with van der Waals surface area (Å²) in [7, 11) is -3.35. The number of halogens is 1. The number of hydrogen-bond acceptors (Lipinski definition) is 3. The van der Waals surface area contributed by atoms with E-state index in [4.69, 9.17) is 0 Å². The van der Waals surface area contributed by atoms with E-state index in [0.717, 1.165) is 12.0 Å². The molecule has 1 aromatic rings. The van der Waals surface area contributed by atoms with Crippen molar-refractivity contribution in [1.82, 2.24) is 9.21 Å². The molecule has 1 saturated carbocycles. The Kier molecular flexibility index (Phi) is 3.88. The smallest absolute Gasteiger partial charge is 0.241 e. The zero-order valence-electron chi connectivity index (χ0n) is 13.4.